The van der Waals surface area contributed by atoms with E-state index in [0.717, 1.165) is 51.2 Å². The Labute approximate surface area is 148 Å². The van der Waals surface area contributed by atoms with Crippen LogP contribution in [-0.4, -0.2) is 56.0 Å². The van der Waals surface area contributed by atoms with E-state index in [9.17, 15) is 9.59 Å². The van der Waals surface area contributed by atoms with Crippen LogP contribution in [0.25, 0.3) is 0 Å². The molecule has 1 unspecified atom stereocenters. The molecule has 1 aromatic carbocycles. The lowest BCUT2D eigenvalue weighted by molar-refractivity contribution is -0.128. The van der Waals surface area contributed by atoms with Gasteiger partial charge in [-0.25, -0.2) is 0 Å². The predicted molar refractivity (Wildman–Crippen MR) is 94.6 cm³/mol. The van der Waals surface area contributed by atoms with E-state index in [1.165, 1.54) is 5.69 Å². The Bertz CT molecular complexity index is 667. The van der Waals surface area contributed by atoms with Gasteiger partial charge < -0.3 is 9.64 Å². The van der Waals surface area contributed by atoms with E-state index in [1.54, 1.807) is 7.11 Å². The number of carbonyl (C=O) groups excluding carboxylic acids is 2. The van der Waals surface area contributed by atoms with Crippen LogP contribution in [0.1, 0.15) is 25.7 Å². The maximum Gasteiger partial charge on any atom is 0.234 e. The monoisotopic (exact) mass is 343 g/mol. The van der Waals surface area contributed by atoms with E-state index in [2.05, 4.69) is 27.2 Å². The van der Waals surface area contributed by atoms with Gasteiger partial charge in [-0.15, -0.1) is 0 Å². The maximum absolute atomic E-state index is 12.1. The number of ether oxygens (including phenoxy) is 1. The number of methoxy groups -OCH3 is 1. The van der Waals surface area contributed by atoms with Gasteiger partial charge in [-0.3, -0.25) is 19.8 Å². The summed E-state index contributed by atoms with van der Waals surface area (Å²) in [5.74, 6) is 0.710. The highest BCUT2D eigenvalue weighted by molar-refractivity contribution is 6.06. The Morgan fingerprint density at radius 3 is 2.44 bits per heavy atom. The van der Waals surface area contributed by atoms with Crippen LogP contribution in [0.5, 0.6) is 5.75 Å². The summed E-state index contributed by atoms with van der Waals surface area (Å²) in [6.07, 6.45) is 3.37. The molecule has 0 bridgehead atoms. The molecule has 3 aliphatic heterocycles. The fourth-order valence-corrected chi connectivity index (χ4v) is 4.52. The standard InChI is InChI=1S/C19H25N3O3/c1-25-16-4-2-14(3-5-16)21-9-6-15(7-10-21)22-11-8-19(13-22)12-17(23)20-18(19)24/h2-5,15H,6-13H2,1H3,(H,20,23,24). The van der Waals surface area contributed by atoms with Crippen LogP contribution in [0.4, 0.5) is 5.69 Å². The molecule has 3 aliphatic rings. The van der Waals surface area contributed by atoms with Crippen molar-refractivity contribution in [3.63, 3.8) is 0 Å². The van der Waals surface area contributed by atoms with Gasteiger partial charge >= 0.3 is 0 Å². The number of carbonyl (C=O) groups is 2. The molecule has 0 radical (unpaired) electrons. The zero-order chi connectivity index (χ0) is 17.4. The van der Waals surface area contributed by atoms with Gasteiger partial charge in [-0.1, -0.05) is 0 Å². The third kappa shape index (κ3) is 2.99. The number of nitrogens with one attached hydrogen (secondary N) is 1. The minimum absolute atomic E-state index is 0.0596. The van der Waals surface area contributed by atoms with Crippen LogP contribution in [0, 0.1) is 5.41 Å². The molecule has 1 atom stereocenters. The van der Waals surface area contributed by atoms with Gasteiger partial charge in [0.1, 0.15) is 5.75 Å². The Kier molecular flexibility index (Phi) is 4.15. The molecule has 3 fully saturated rings. The van der Waals surface area contributed by atoms with E-state index < -0.39 is 5.41 Å². The molecule has 134 valence electrons. The lowest BCUT2D eigenvalue weighted by atomic mass is 9.85. The topological polar surface area (TPSA) is 61.9 Å². The Morgan fingerprint density at radius 1 is 1.12 bits per heavy atom. The van der Waals surface area contributed by atoms with Gasteiger partial charge in [0.2, 0.25) is 11.8 Å². The Hall–Kier alpha value is -2.08. The third-order valence-electron chi connectivity index (χ3n) is 6.04. The molecule has 6 heteroatoms. The number of hydrogen-bond acceptors (Lipinski definition) is 5. The average Bonchev–Trinajstić information content (AvgIpc) is 3.18. The summed E-state index contributed by atoms with van der Waals surface area (Å²) in [6, 6.07) is 8.73. The van der Waals surface area contributed by atoms with Crippen molar-refractivity contribution in [1.29, 1.82) is 0 Å². The van der Waals surface area contributed by atoms with Crippen molar-refractivity contribution in [1.82, 2.24) is 10.2 Å². The molecule has 0 aliphatic carbocycles. The quantitative estimate of drug-likeness (QED) is 0.841. The second kappa shape index (κ2) is 6.33. The summed E-state index contributed by atoms with van der Waals surface area (Å²) in [5.41, 5.74) is 0.780. The number of hydrogen-bond donors (Lipinski definition) is 1. The number of likely N-dealkylation sites (tertiary alicyclic amines) is 1. The molecule has 6 nitrogen and oxygen atoms in total. The summed E-state index contributed by atoms with van der Waals surface area (Å²) in [4.78, 5) is 28.6. The smallest absolute Gasteiger partial charge is 0.234 e. The lowest BCUT2D eigenvalue weighted by Gasteiger charge is -2.38. The van der Waals surface area contributed by atoms with Crippen LogP contribution in [0.3, 0.4) is 0 Å². The van der Waals surface area contributed by atoms with E-state index in [-0.39, 0.29) is 11.8 Å². The molecule has 0 saturated carbocycles. The molecule has 25 heavy (non-hydrogen) atoms. The SMILES string of the molecule is COc1ccc(N2CCC(N3CCC4(CC(=O)NC4=O)C3)CC2)cc1. The summed E-state index contributed by atoms with van der Waals surface area (Å²) in [5, 5.41) is 2.49. The highest BCUT2D eigenvalue weighted by Crippen LogP contribution is 2.39. The van der Waals surface area contributed by atoms with Gasteiger partial charge in [0.15, 0.2) is 0 Å². The van der Waals surface area contributed by atoms with Crippen molar-refractivity contribution >= 4 is 17.5 Å². The average molecular weight is 343 g/mol. The summed E-state index contributed by atoms with van der Waals surface area (Å²) in [7, 11) is 1.68. The van der Waals surface area contributed by atoms with Crippen LogP contribution in [0.2, 0.25) is 0 Å². The fraction of sp³-hybridized carbons (Fsp3) is 0.579. The molecular weight excluding hydrogens is 318 g/mol. The number of imide groups is 1. The van der Waals surface area contributed by atoms with Crippen molar-refractivity contribution in [2.45, 2.75) is 31.7 Å². The number of nitrogens with zero attached hydrogens (tertiary/aromatic N) is 2. The minimum Gasteiger partial charge on any atom is -0.497 e. The minimum atomic E-state index is -0.454. The second-order valence-electron chi connectivity index (χ2n) is 7.47. The molecule has 3 heterocycles. The molecule has 1 aromatic rings. The molecule has 2 amide bonds. The van der Waals surface area contributed by atoms with Gasteiger partial charge in [0.25, 0.3) is 0 Å². The zero-order valence-electron chi connectivity index (χ0n) is 14.7. The fourth-order valence-electron chi connectivity index (χ4n) is 4.52. The lowest BCUT2D eigenvalue weighted by Crippen LogP contribution is -2.45. The third-order valence-corrected chi connectivity index (χ3v) is 6.04. The van der Waals surface area contributed by atoms with Crippen LogP contribution >= 0.6 is 0 Å². The first kappa shape index (κ1) is 16.4. The number of anilines is 1. The number of rotatable bonds is 3. The van der Waals surface area contributed by atoms with Crippen molar-refractivity contribution < 1.29 is 14.3 Å². The van der Waals surface area contributed by atoms with E-state index in [0.29, 0.717) is 12.5 Å². The van der Waals surface area contributed by atoms with Crippen LogP contribution < -0.4 is 15.0 Å². The molecule has 3 saturated heterocycles. The van der Waals surface area contributed by atoms with Crippen molar-refractivity contribution in [2.75, 3.05) is 38.2 Å². The summed E-state index contributed by atoms with van der Waals surface area (Å²) in [6.45, 7) is 3.70. The first-order valence-electron chi connectivity index (χ1n) is 9.07. The van der Waals surface area contributed by atoms with Gasteiger partial charge in [-0.05, 0) is 50.1 Å². The van der Waals surface area contributed by atoms with Gasteiger partial charge in [-0.2, -0.15) is 0 Å². The largest absolute Gasteiger partial charge is 0.497 e. The molecule has 4 rings (SSSR count). The molecule has 1 N–H and O–H groups in total. The predicted octanol–water partition coefficient (Wildman–Crippen LogP) is 1.40. The zero-order valence-corrected chi connectivity index (χ0v) is 14.7. The maximum atomic E-state index is 12.1. The number of amides is 2. The second-order valence-corrected chi connectivity index (χ2v) is 7.47. The number of piperidine rings is 1. The molecule has 1 spiro atoms. The van der Waals surface area contributed by atoms with E-state index in [1.807, 2.05) is 12.1 Å². The van der Waals surface area contributed by atoms with Gasteiger partial charge in [0, 0.05) is 37.8 Å². The Morgan fingerprint density at radius 2 is 1.84 bits per heavy atom. The van der Waals surface area contributed by atoms with Crippen molar-refractivity contribution in [3.05, 3.63) is 24.3 Å². The number of benzene rings is 1. The first-order chi connectivity index (χ1) is 12.1. The van der Waals surface area contributed by atoms with Crippen molar-refractivity contribution in [2.24, 2.45) is 5.41 Å². The molecule has 0 aromatic heterocycles. The normalized spacial score (nSPS) is 28.0. The highest BCUT2D eigenvalue weighted by atomic mass is 16.5. The van der Waals surface area contributed by atoms with Gasteiger partial charge in [0.05, 0.1) is 12.5 Å². The highest BCUT2D eigenvalue weighted by Gasteiger charge is 2.51. The van der Waals surface area contributed by atoms with Crippen LogP contribution in [-0.2, 0) is 9.59 Å². The first-order valence-corrected chi connectivity index (χ1v) is 9.07. The van der Waals surface area contributed by atoms with Crippen LogP contribution in [0.15, 0.2) is 24.3 Å². The van der Waals surface area contributed by atoms with E-state index >= 15 is 0 Å². The summed E-state index contributed by atoms with van der Waals surface area (Å²) >= 11 is 0. The Balaban J connectivity index is 1.35. The molecular formula is C19H25N3O3. The van der Waals surface area contributed by atoms with E-state index in [4.69, 9.17) is 4.74 Å². The summed E-state index contributed by atoms with van der Waals surface area (Å²) < 4.78 is 5.22. The van der Waals surface area contributed by atoms with Crippen molar-refractivity contribution in [3.8, 4) is 5.75 Å².